The first-order valence-corrected chi connectivity index (χ1v) is 9.45. The second-order valence-corrected chi connectivity index (χ2v) is 7.93. The van der Waals surface area contributed by atoms with E-state index in [4.69, 9.17) is 0 Å². The van der Waals surface area contributed by atoms with Crippen molar-refractivity contribution in [3.63, 3.8) is 0 Å². The molecule has 0 aliphatic heterocycles. The van der Waals surface area contributed by atoms with E-state index in [1.807, 2.05) is 24.3 Å². The Bertz CT molecular complexity index is 739. The molecule has 3 rings (SSSR count). The molecule has 5 heteroatoms. The summed E-state index contributed by atoms with van der Waals surface area (Å²) in [7, 11) is 0. The van der Waals surface area contributed by atoms with Crippen LogP contribution in [-0.2, 0) is 5.75 Å². The Labute approximate surface area is 145 Å². The number of nitrogens with zero attached hydrogens (tertiary/aromatic N) is 3. The van der Waals surface area contributed by atoms with Gasteiger partial charge in [-0.2, -0.15) is 0 Å². The minimum atomic E-state index is 0.469. The molecule has 1 aromatic heterocycles. The fourth-order valence-electron chi connectivity index (χ4n) is 2.18. The molecule has 0 spiro atoms. The van der Waals surface area contributed by atoms with E-state index in [1.54, 1.807) is 23.5 Å². The summed E-state index contributed by atoms with van der Waals surface area (Å²) in [5.41, 5.74) is 1.12. The monoisotopic (exact) mass is 341 g/mol. The molecule has 0 saturated carbocycles. The van der Waals surface area contributed by atoms with Crippen LogP contribution in [0.25, 0.3) is 5.69 Å². The maximum absolute atomic E-state index is 4.43. The van der Waals surface area contributed by atoms with Gasteiger partial charge in [-0.3, -0.25) is 4.57 Å². The average Bonchev–Trinajstić information content (AvgIpc) is 2.96. The van der Waals surface area contributed by atoms with E-state index >= 15 is 0 Å². The Kier molecular flexibility index (Phi) is 5.41. The van der Waals surface area contributed by atoms with Gasteiger partial charge in [0.05, 0.1) is 5.75 Å². The number of benzene rings is 2. The minimum absolute atomic E-state index is 0.469. The van der Waals surface area contributed by atoms with Crippen LogP contribution in [0, 0.1) is 0 Å². The molecular formula is C18H19N3S2. The van der Waals surface area contributed by atoms with E-state index in [2.05, 4.69) is 65.0 Å². The second kappa shape index (κ2) is 7.70. The summed E-state index contributed by atoms with van der Waals surface area (Å²) in [4.78, 5) is 1.24. The summed E-state index contributed by atoms with van der Waals surface area (Å²) in [5.74, 6) is 1.78. The molecular weight excluding hydrogens is 322 g/mol. The Morgan fingerprint density at radius 3 is 2.22 bits per heavy atom. The van der Waals surface area contributed by atoms with Crippen molar-refractivity contribution in [2.75, 3.05) is 0 Å². The Morgan fingerprint density at radius 1 is 0.913 bits per heavy atom. The van der Waals surface area contributed by atoms with Crippen molar-refractivity contribution in [2.45, 2.75) is 34.9 Å². The zero-order chi connectivity index (χ0) is 16.1. The van der Waals surface area contributed by atoms with Crippen molar-refractivity contribution >= 4 is 23.5 Å². The fourth-order valence-corrected chi connectivity index (χ4v) is 3.84. The molecule has 0 radical (unpaired) electrons. The first kappa shape index (κ1) is 16.1. The SMILES string of the molecule is CC(C)Sc1nnc(CSc2ccccc2)n1-c1ccccc1. The topological polar surface area (TPSA) is 30.7 Å². The van der Waals surface area contributed by atoms with Crippen LogP contribution in [0.4, 0.5) is 0 Å². The molecule has 0 aliphatic rings. The number of hydrogen-bond donors (Lipinski definition) is 0. The van der Waals surface area contributed by atoms with E-state index in [9.17, 15) is 0 Å². The first-order valence-electron chi connectivity index (χ1n) is 7.58. The maximum Gasteiger partial charge on any atom is 0.196 e. The van der Waals surface area contributed by atoms with E-state index in [-0.39, 0.29) is 0 Å². The maximum atomic E-state index is 4.43. The number of rotatable bonds is 6. The van der Waals surface area contributed by atoms with Gasteiger partial charge in [0.1, 0.15) is 5.82 Å². The predicted octanol–water partition coefficient (Wildman–Crippen LogP) is 5.06. The molecule has 23 heavy (non-hydrogen) atoms. The molecule has 0 N–H and O–H groups in total. The lowest BCUT2D eigenvalue weighted by atomic mass is 10.3. The van der Waals surface area contributed by atoms with Crippen molar-refractivity contribution in [3.8, 4) is 5.69 Å². The lowest BCUT2D eigenvalue weighted by Gasteiger charge is -2.11. The number of aromatic nitrogens is 3. The van der Waals surface area contributed by atoms with E-state index in [1.165, 1.54) is 4.90 Å². The average molecular weight is 342 g/mol. The van der Waals surface area contributed by atoms with Crippen LogP contribution < -0.4 is 0 Å². The fraction of sp³-hybridized carbons (Fsp3) is 0.222. The summed E-state index contributed by atoms with van der Waals surface area (Å²) < 4.78 is 2.17. The summed E-state index contributed by atoms with van der Waals surface area (Å²) in [6.45, 7) is 4.35. The number of thioether (sulfide) groups is 2. The highest BCUT2D eigenvalue weighted by Crippen LogP contribution is 2.28. The van der Waals surface area contributed by atoms with Gasteiger partial charge in [0, 0.05) is 15.8 Å². The van der Waals surface area contributed by atoms with Gasteiger partial charge in [-0.15, -0.1) is 22.0 Å². The third-order valence-electron chi connectivity index (χ3n) is 3.17. The number of para-hydroxylation sites is 1. The first-order chi connectivity index (χ1) is 11.2. The van der Waals surface area contributed by atoms with Crippen LogP contribution in [0.15, 0.2) is 70.7 Å². The van der Waals surface area contributed by atoms with Crippen molar-refractivity contribution in [3.05, 3.63) is 66.5 Å². The van der Waals surface area contributed by atoms with E-state index in [0.717, 1.165) is 22.4 Å². The molecule has 0 bridgehead atoms. The predicted molar refractivity (Wildman–Crippen MR) is 98.4 cm³/mol. The molecule has 1 heterocycles. The largest absolute Gasteiger partial charge is 0.273 e. The van der Waals surface area contributed by atoms with Crippen LogP contribution in [-0.4, -0.2) is 20.0 Å². The van der Waals surface area contributed by atoms with Gasteiger partial charge in [0.25, 0.3) is 0 Å². The lowest BCUT2D eigenvalue weighted by molar-refractivity contribution is 0.859. The van der Waals surface area contributed by atoms with Gasteiger partial charge in [-0.25, -0.2) is 0 Å². The second-order valence-electron chi connectivity index (χ2n) is 5.34. The summed E-state index contributed by atoms with van der Waals surface area (Å²) >= 11 is 3.52. The van der Waals surface area contributed by atoms with E-state index < -0.39 is 0 Å². The quantitative estimate of drug-likeness (QED) is 0.586. The van der Waals surface area contributed by atoms with Crippen molar-refractivity contribution in [2.24, 2.45) is 0 Å². The van der Waals surface area contributed by atoms with Crippen LogP contribution in [0.5, 0.6) is 0 Å². The van der Waals surface area contributed by atoms with Crippen molar-refractivity contribution in [1.29, 1.82) is 0 Å². The highest BCUT2D eigenvalue weighted by molar-refractivity contribution is 7.99. The standard InChI is InChI=1S/C18H19N3S2/c1-14(2)23-18-20-19-17(13-22-16-11-7-4-8-12-16)21(18)15-9-5-3-6-10-15/h3-12,14H,13H2,1-2H3. The summed E-state index contributed by atoms with van der Waals surface area (Å²) in [5, 5.41) is 10.3. The van der Waals surface area contributed by atoms with Gasteiger partial charge in [-0.1, -0.05) is 62.0 Å². The normalized spacial score (nSPS) is 11.1. The molecule has 118 valence electrons. The van der Waals surface area contributed by atoms with Gasteiger partial charge >= 0.3 is 0 Å². The van der Waals surface area contributed by atoms with Gasteiger partial charge in [-0.05, 0) is 24.3 Å². The Balaban J connectivity index is 1.89. The third kappa shape index (κ3) is 4.18. The summed E-state index contributed by atoms with van der Waals surface area (Å²) in [6.07, 6.45) is 0. The zero-order valence-corrected chi connectivity index (χ0v) is 14.8. The molecule has 2 aromatic carbocycles. The van der Waals surface area contributed by atoms with Crippen LogP contribution in [0.2, 0.25) is 0 Å². The van der Waals surface area contributed by atoms with Crippen LogP contribution >= 0.6 is 23.5 Å². The molecule has 0 atom stereocenters. The molecule has 0 unspecified atom stereocenters. The zero-order valence-electron chi connectivity index (χ0n) is 13.2. The molecule has 0 fully saturated rings. The number of hydrogen-bond acceptors (Lipinski definition) is 4. The van der Waals surface area contributed by atoms with Gasteiger partial charge in [0.2, 0.25) is 0 Å². The van der Waals surface area contributed by atoms with Crippen molar-refractivity contribution in [1.82, 2.24) is 14.8 Å². The highest BCUT2D eigenvalue weighted by Gasteiger charge is 2.15. The smallest absolute Gasteiger partial charge is 0.196 e. The molecule has 0 aliphatic carbocycles. The Hall–Kier alpha value is -1.72. The lowest BCUT2D eigenvalue weighted by Crippen LogP contribution is -2.03. The van der Waals surface area contributed by atoms with Gasteiger partial charge in [0.15, 0.2) is 5.16 Å². The van der Waals surface area contributed by atoms with Gasteiger partial charge < -0.3 is 0 Å². The van der Waals surface area contributed by atoms with Crippen LogP contribution in [0.3, 0.4) is 0 Å². The highest BCUT2D eigenvalue weighted by atomic mass is 32.2. The molecule has 3 aromatic rings. The Morgan fingerprint density at radius 2 is 1.57 bits per heavy atom. The molecule has 0 saturated heterocycles. The summed E-state index contributed by atoms with van der Waals surface area (Å²) in [6, 6.07) is 20.7. The van der Waals surface area contributed by atoms with Crippen molar-refractivity contribution < 1.29 is 0 Å². The molecule has 3 nitrogen and oxygen atoms in total. The third-order valence-corrected chi connectivity index (χ3v) is 5.12. The van der Waals surface area contributed by atoms with E-state index in [0.29, 0.717) is 5.25 Å². The van der Waals surface area contributed by atoms with Crippen LogP contribution in [0.1, 0.15) is 19.7 Å². The molecule has 0 amide bonds. The minimum Gasteiger partial charge on any atom is -0.273 e.